The Morgan fingerprint density at radius 2 is 1.90 bits per heavy atom. The first-order chi connectivity index (χ1) is 9.92. The van der Waals surface area contributed by atoms with Crippen molar-refractivity contribution in [2.75, 3.05) is 24.8 Å². The van der Waals surface area contributed by atoms with Gasteiger partial charge in [-0.15, -0.1) is 0 Å². The molecule has 1 atom stereocenters. The fourth-order valence-electron chi connectivity index (χ4n) is 2.10. The van der Waals surface area contributed by atoms with E-state index in [1.54, 1.807) is 0 Å². The van der Waals surface area contributed by atoms with Crippen LogP contribution in [0.25, 0.3) is 0 Å². The van der Waals surface area contributed by atoms with E-state index in [1.165, 1.54) is 7.11 Å². The molecule has 1 aromatic heterocycles. The Labute approximate surface area is 126 Å². The van der Waals surface area contributed by atoms with Gasteiger partial charge in [0.25, 0.3) is 0 Å². The van der Waals surface area contributed by atoms with Crippen molar-refractivity contribution in [3.8, 4) is 0 Å². The molecule has 6 nitrogen and oxygen atoms in total. The Morgan fingerprint density at radius 1 is 1.29 bits per heavy atom. The van der Waals surface area contributed by atoms with E-state index >= 15 is 0 Å². The number of hydrogen-bond acceptors (Lipinski definition) is 6. The van der Waals surface area contributed by atoms with E-state index in [-0.39, 0.29) is 5.97 Å². The summed E-state index contributed by atoms with van der Waals surface area (Å²) in [4.78, 5) is 20.8. The van der Waals surface area contributed by atoms with Crippen molar-refractivity contribution < 1.29 is 9.53 Å². The van der Waals surface area contributed by atoms with Crippen LogP contribution in [0.3, 0.4) is 0 Å². The van der Waals surface area contributed by atoms with Gasteiger partial charge in [-0.25, -0.2) is 14.8 Å². The van der Waals surface area contributed by atoms with Gasteiger partial charge in [0.15, 0.2) is 0 Å². The molecule has 0 aliphatic heterocycles. The quantitative estimate of drug-likeness (QED) is 0.752. The van der Waals surface area contributed by atoms with Crippen LogP contribution in [0, 0.1) is 12.8 Å². The minimum Gasteiger partial charge on any atom is -0.467 e. The number of aromatic nitrogens is 2. The lowest BCUT2D eigenvalue weighted by molar-refractivity contribution is -0.141. The summed E-state index contributed by atoms with van der Waals surface area (Å²) in [6.07, 6.45) is 1.42. The number of aryl methyl sites for hydroxylation is 1. The lowest BCUT2D eigenvalue weighted by Crippen LogP contribution is -2.33. The highest BCUT2D eigenvalue weighted by molar-refractivity contribution is 5.79. The number of ether oxygens (including phenoxy) is 1. The first kappa shape index (κ1) is 17.2. The van der Waals surface area contributed by atoms with E-state index in [2.05, 4.69) is 34.4 Å². The van der Waals surface area contributed by atoms with Crippen LogP contribution in [0.4, 0.5) is 11.6 Å². The second kappa shape index (κ2) is 7.81. The standard InChI is InChI=1S/C15H26N4O2/c1-7-12-18-13(16-5)10(4)14(19-12)17-11(8-9(2)3)15(20)21-6/h9,11H,7-8H2,1-6H3,(H2,16,17,18,19). The van der Waals surface area contributed by atoms with Gasteiger partial charge in [-0.2, -0.15) is 0 Å². The molecule has 1 heterocycles. The van der Waals surface area contributed by atoms with Crippen LogP contribution in [0.5, 0.6) is 0 Å². The van der Waals surface area contributed by atoms with Gasteiger partial charge in [0.2, 0.25) is 0 Å². The van der Waals surface area contributed by atoms with Gasteiger partial charge in [0.05, 0.1) is 7.11 Å². The Balaban J connectivity index is 3.09. The molecule has 0 saturated carbocycles. The predicted octanol–water partition coefficient (Wildman–Crippen LogP) is 2.39. The van der Waals surface area contributed by atoms with Crippen molar-refractivity contribution in [1.29, 1.82) is 0 Å². The number of anilines is 2. The van der Waals surface area contributed by atoms with Crippen molar-refractivity contribution >= 4 is 17.6 Å². The number of esters is 1. The van der Waals surface area contributed by atoms with Crippen LogP contribution >= 0.6 is 0 Å². The molecular formula is C15H26N4O2. The molecule has 0 fully saturated rings. The number of hydrogen-bond donors (Lipinski definition) is 2. The molecule has 0 aliphatic carbocycles. The summed E-state index contributed by atoms with van der Waals surface area (Å²) in [6, 6.07) is -0.405. The van der Waals surface area contributed by atoms with E-state index in [0.29, 0.717) is 18.2 Å². The second-order valence-electron chi connectivity index (χ2n) is 5.42. The van der Waals surface area contributed by atoms with Crippen molar-refractivity contribution in [3.05, 3.63) is 11.4 Å². The molecular weight excluding hydrogens is 268 g/mol. The average Bonchev–Trinajstić information content (AvgIpc) is 2.47. The molecule has 0 spiro atoms. The Morgan fingerprint density at radius 3 is 2.38 bits per heavy atom. The first-order valence-corrected chi connectivity index (χ1v) is 7.32. The van der Waals surface area contributed by atoms with Crippen LogP contribution in [0.15, 0.2) is 0 Å². The molecule has 0 radical (unpaired) electrons. The smallest absolute Gasteiger partial charge is 0.328 e. The van der Waals surface area contributed by atoms with Crippen LogP contribution in [0.2, 0.25) is 0 Å². The molecule has 0 aromatic carbocycles. The molecule has 1 unspecified atom stereocenters. The van der Waals surface area contributed by atoms with E-state index in [4.69, 9.17) is 4.74 Å². The highest BCUT2D eigenvalue weighted by Crippen LogP contribution is 2.22. The first-order valence-electron chi connectivity index (χ1n) is 7.32. The number of carbonyl (C=O) groups is 1. The minimum absolute atomic E-state index is 0.272. The van der Waals surface area contributed by atoms with E-state index in [9.17, 15) is 4.79 Å². The minimum atomic E-state index is -0.405. The van der Waals surface area contributed by atoms with Gasteiger partial charge in [-0.3, -0.25) is 0 Å². The lowest BCUT2D eigenvalue weighted by atomic mass is 10.0. The van der Waals surface area contributed by atoms with E-state index < -0.39 is 6.04 Å². The van der Waals surface area contributed by atoms with Gasteiger partial charge >= 0.3 is 5.97 Å². The monoisotopic (exact) mass is 294 g/mol. The molecule has 1 rings (SSSR count). The number of carbonyl (C=O) groups excluding carboxylic acids is 1. The molecule has 0 saturated heterocycles. The number of nitrogens with zero attached hydrogens (tertiary/aromatic N) is 2. The van der Waals surface area contributed by atoms with Crippen molar-refractivity contribution in [1.82, 2.24) is 9.97 Å². The van der Waals surface area contributed by atoms with E-state index in [1.807, 2.05) is 20.9 Å². The third kappa shape index (κ3) is 4.58. The summed E-state index contributed by atoms with van der Waals surface area (Å²) >= 11 is 0. The maximum Gasteiger partial charge on any atom is 0.328 e. The summed E-state index contributed by atoms with van der Waals surface area (Å²) in [5.41, 5.74) is 0.896. The van der Waals surface area contributed by atoms with Crippen molar-refractivity contribution in [2.45, 2.75) is 46.6 Å². The molecule has 2 N–H and O–H groups in total. The maximum atomic E-state index is 11.9. The summed E-state index contributed by atoms with van der Waals surface area (Å²) in [5.74, 6) is 2.30. The van der Waals surface area contributed by atoms with Gasteiger partial charge < -0.3 is 15.4 Å². The zero-order chi connectivity index (χ0) is 16.0. The van der Waals surface area contributed by atoms with Gasteiger partial charge in [-0.1, -0.05) is 20.8 Å². The molecule has 6 heteroatoms. The molecule has 118 valence electrons. The molecule has 0 aliphatic rings. The number of methoxy groups -OCH3 is 1. The van der Waals surface area contributed by atoms with Gasteiger partial charge in [0.1, 0.15) is 23.5 Å². The van der Waals surface area contributed by atoms with E-state index in [0.717, 1.165) is 23.6 Å². The normalized spacial score (nSPS) is 12.1. The third-order valence-corrected chi connectivity index (χ3v) is 3.25. The zero-order valence-corrected chi connectivity index (χ0v) is 13.8. The maximum absolute atomic E-state index is 11.9. The summed E-state index contributed by atoms with van der Waals surface area (Å²) in [6.45, 7) is 8.07. The SMILES string of the molecule is CCc1nc(NC)c(C)c(NC(CC(C)C)C(=O)OC)n1. The van der Waals surface area contributed by atoms with Gasteiger partial charge in [-0.05, 0) is 19.3 Å². The van der Waals surface area contributed by atoms with Crippen LogP contribution in [-0.4, -0.2) is 36.1 Å². The fourth-order valence-corrected chi connectivity index (χ4v) is 2.10. The van der Waals surface area contributed by atoms with Crippen molar-refractivity contribution in [3.63, 3.8) is 0 Å². The molecule has 0 bridgehead atoms. The highest BCUT2D eigenvalue weighted by atomic mass is 16.5. The number of nitrogens with one attached hydrogen (secondary N) is 2. The topological polar surface area (TPSA) is 76.1 Å². The fraction of sp³-hybridized carbons (Fsp3) is 0.667. The van der Waals surface area contributed by atoms with Crippen LogP contribution < -0.4 is 10.6 Å². The van der Waals surface area contributed by atoms with Crippen LogP contribution in [-0.2, 0) is 16.0 Å². The second-order valence-corrected chi connectivity index (χ2v) is 5.42. The lowest BCUT2D eigenvalue weighted by Gasteiger charge is -2.21. The van der Waals surface area contributed by atoms with Crippen molar-refractivity contribution in [2.24, 2.45) is 5.92 Å². The number of rotatable bonds is 7. The summed E-state index contributed by atoms with van der Waals surface area (Å²) < 4.78 is 4.88. The molecule has 0 amide bonds. The van der Waals surface area contributed by atoms with Gasteiger partial charge in [0, 0.05) is 19.0 Å². The largest absolute Gasteiger partial charge is 0.467 e. The predicted molar refractivity (Wildman–Crippen MR) is 84.6 cm³/mol. The highest BCUT2D eigenvalue weighted by Gasteiger charge is 2.22. The summed E-state index contributed by atoms with van der Waals surface area (Å²) in [5, 5.41) is 6.27. The molecule has 21 heavy (non-hydrogen) atoms. The Kier molecular flexibility index (Phi) is 6.39. The Bertz CT molecular complexity index is 489. The average molecular weight is 294 g/mol. The zero-order valence-electron chi connectivity index (χ0n) is 13.8. The van der Waals surface area contributed by atoms with Crippen LogP contribution in [0.1, 0.15) is 38.6 Å². The molecule has 1 aromatic rings. The third-order valence-electron chi connectivity index (χ3n) is 3.25. The summed E-state index contributed by atoms with van der Waals surface area (Å²) in [7, 11) is 3.23. The Hall–Kier alpha value is -1.85.